The molecule has 0 saturated carbocycles. The van der Waals surface area contributed by atoms with Gasteiger partial charge in [0.1, 0.15) is 17.2 Å². The molecule has 1 N–H and O–H groups in total. The van der Waals surface area contributed by atoms with Crippen LogP contribution in [0, 0.1) is 0 Å². The third kappa shape index (κ3) is 0.757. The number of hydrogen-bond donors (Lipinski definition) is 1. The van der Waals surface area contributed by atoms with E-state index in [0.717, 1.165) is 0 Å². The van der Waals surface area contributed by atoms with Crippen LogP contribution in [0.1, 0.15) is 0 Å². The van der Waals surface area contributed by atoms with Crippen molar-refractivity contribution in [1.82, 2.24) is 0 Å². The van der Waals surface area contributed by atoms with E-state index in [4.69, 9.17) is 14.6 Å². The van der Waals surface area contributed by atoms with Crippen LogP contribution in [-0.4, -0.2) is 11.9 Å². The van der Waals surface area contributed by atoms with Crippen molar-refractivity contribution >= 4 is 0 Å². The Morgan fingerprint density at radius 2 is 1.70 bits per heavy atom. The molecule has 1 aromatic carbocycles. The van der Waals surface area contributed by atoms with Crippen LogP contribution >= 0.6 is 0 Å². The highest BCUT2D eigenvalue weighted by Crippen LogP contribution is 2.29. The molecule has 0 fully saturated rings. The van der Waals surface area contributed by atoms with Crippen LogP contribution in [0.15, 0.2) is 18.2 Å². The summed E-state index contributed by atoms with van der Waals surface area (Å²) in [5, 5.41) is 9.00. The molecule has 3 heteroatoms. The smallest absolute Gasteiger partial charge is 0.230 e. The maximum absolute atomic E-state index is 9.00. The molecule has 3 nitrogen and oxygen atoms in total. The minimum Gasteiger partial charge on any atom is -0.508 e. The van der Waals surface area contributed by atoms with E-state index < -0.39 is 0 Å². The molecule has 0 saturated heterocycles. The molecule has 0 amide bonds. The molecule has 1 aliphatic rings. The Hall–Kier alpha value is -1.38. The molecule has 0 radical (unpaired) electrons. The van der Waals surface area contributed by atoms with Gasteiger partial charge in [-0.2, -0.15) is 0 Å². The Morgan fingerprint density at radius 1 is 1.10 bits per heavy atom. The van der Waals surface area contributed by atoms with Crippen molar-refractivity contribution in [2.45, 2.75) is 0 Å². The molecule has 10 heavy (non-hydrogen) atoms. The summed E-state index contributed by atoms with van der Waals surface area (Å²) in [6, 6.07) is 4.82. The number of aromatic hydroxyl groups is 1. The summed E-state index contributed by atoms with van der Waals surface area (Å²) in [5.41, 5.74) is 0. The number of hydrogen-bond acceptors (Lipinski definition) is 3. The van der Waals surface area contributed by atoms with Crippen LogP contribution in [0.3, 0.4) is 0 Å². The van der Waals surface area contributed by atoms with Crippen LogP contribution in [0.2, 0.25) is 0 Å². The van der Waals surface area contributed by atoms with E-state index in [0.29, 0.717) is 11.5 Å². The molecule has 2 rings (SSSR count). The molecule has 0 spiro atoms. The lowest BCUT2D eigenvalue weighted by Crippen LogP contribution is -2.09. The van der Waals surface area contributed by atoms with E-state index in [1.165, 1.54) is 0 Å². The molecular formula is C7H6O3. The highest BCUT2D eigenvalue weighted by atomic mass is 16.7. The number of benzene rings is 1. The zero-order valence-electron chi connectivity index (χ0n) is 5.20. The number of ether oxygens (including phenoxy) is 2. The molecule has 0 unspecified atom stereocenters. The highest BCUT2D eigenvalue weighted by molar-refractivity contribution is 5.42. The van der Waals surface area contributed by atoms with Crippen LogP contribution in [0.4, 0.5) is 0 Å². The van der Waals surface area contributed by atoms with Gasteiger partial charge in [0.05, 0.1) is 0 Å². The molecule has 0 atom stereocenters. The number of phenolic OH excluding ortho intramolecular Hbond substituents is 1. The number of phenols is 1. The zero-order valence-corrected chi connectivity index (χ0v) is 5.20. The lowest BCUT2D eigenvalue weighted by atomic mass is 10.3. The van der Waals surface area contributed by atoms with Crippen molar-refractivity contribution in [2.75, 3.05) is 6.79 Å². The predicted molar refractivity (Wildman–Crippen MR) is 34.2 cm³/mol. The molecule has 52 valence electrons. The SMILES string of the molecule is Oc1cc2cc(c1)OCO2. The summed E-state index contributed by atoms with van der Waals surface area (Å²) >= 11 is 0. The van der Waals surface area contributed by atoms with Crippen LogP contribution in [-0.2, 0) is 0 Å². The van der Waals surface area contributed by atoms with Crippen molar-refractivity contribution in [1.29, 1.82) is 0 Å². The van der Waals surface area contributed by atoms with Gasteiger partial charge in [0.15, 0.2) is 0 Å². The molecule has 1 heterocycles. The Morgan fingerprint density at radius 3 is 2.30 bits per heavy atom. The standard InChI is InChI=1S/C7H6O3/c8-5-1-6-3-7(2-5)10-4-9-6/h1-3,8H,4H2. The monoisotopic (exact) mass is 138 g/mol. The molecule has 0 aliphatic carbocycles. The molecule has 1 aliphatic heterocycles. The summed E-state index contributed by atoms with van der Waals surface area (Å²) < 4.78 is 9.96. The molecule has 1 aromatic rings. The van der Waals surface area contributed by atoms with Crippen molar-refractivity contribution in [3.8, 4) is 17.2 Å². The molecule has 0 aromatic heterocycles. The van der Waals surface area contributed by atoms with Crippen LogP contribution in [0.5, 0.6) is 17.2 Å². The second-order valence-electron chi connectivity index (χ2n) is 2.07. The van der Waals surface area contributed by atoms with Gasteiger partial charge in [-0.25, -0.2) is 0 Å². The predicted octanol–water partition coefficient (Wildman–Crippen LogP) is 1.12. The third-order valence-corrected chi connectivity index (χ3v) is 1.32. The lowest BCUT2D eigenvalue weighted by molar-refractivity contribution is 0.105. The summed E-state index contributed by atoms with van der Waals surface area (Å²) in [6.45, 7) is 0.238. The largest absolute Gasteiger partial charge is 0.508 e. The minimum absolute atomic E-state index is 0.173. The fraction of sp³-hybridized carbons (Fsp3) is 0.143. The fourth-order valence-electron chi connectivity index (χ4n) is 0.889. The van der Waals surface area contributed by atoms with Gasteiger partial charge in [-0.05, 0) is 0 Å². The van der Waals surface area contributed by atoms with Crippen molar-refractivity contribution in [2.24, 2.45) is 0 Å². The quantitative estimate of drug-likeness (QED) is 0.583. The highest BCUT2D eigenvalue weighted by Gasteiger charge is 2.06. The first kappa shape index (κ1) is 5.41. The average molecular weight is 138 g/mol. The summed E-state index contributed by atoms with van der Waals surface area (Å²) in [7, 11) is 0. The lowest BCUT2D eigenvalue weighted by Gasteiger charge is -2.15. The zero-order chi connectivity index (χ0) is 6.97. The van der Waals surface area contributed by atoms with Gasteiger partial charge in [-0.1, -0.05) is 0 Å². The van der Waals surface area contributed by atoms with E-state index in [1.807, 2.05) is 0 Å². The van der Waals surface area contributed by atoms with Gasteiger partial charge in [0, 0.05) is 18.2 Å². The Balaban J connectivity index is 2.54. The maximum Gasteiger partial charge on any atom is 0.230 e. The normalized spacial score (nSPS) is 13.6. The van der Waals surface area contributed by atoms with Crippen molar-refractivity contribution in [3.63, 3.8) is 0 Å². The number of rotatable bonds is 0. The Kier molecular flexibility index (Phi) is 0.974. The second-order valence-corrected chi connectivity index (χ2v) is 2.07. The summed E-state index contributed by atoms with van der Waals surface area (Å²) in [5.74, 6) is 1.48. The molecular weight excluding hydrogens is 132 g/mol. The van der Waals surface area contributed by atoms with E-state index >= 15 is 0 Å². The van der Waals surface area contributed by atoms with Gasteiger partial charge >= 0.3 is 0 Å². The van der Waals surface area contributed by atoms with Crippen molar-refractivity contribution in [3.05, 3.63) is 18.2 Å². The maximum atomic E-state index is 9.00. The topological polar surface area (TPSA) is 38.7 Å². The summed E-state index contributed by atoms with van der Waals surface area (Å²) in [6.07, 6.45) is 0. The van der Waals surface area contributed by atoms with Gasteiger partial charge < -0.3 is 14.6 Å². The molecule has 2 bridgehead atoms. The van der Waals surface area contributed by atoms with Crippen LogP contribution in [0.25, 0.3) is 0 Å². The van der Waals surface area contributed by atoms with Gasteiger partial charge in [-0.15, -0.1) is 0 Å². The third-order valence-electron chi connectivity index (χ3n) is 1.32. The van der Waals surface area contributed by atoms with Gasteiger partial charge in [-0.3, -0.25) is 0 Å². The second kappa shape index (κ2) is 1.80. The fourth-order valence-corrected chi connectivity index (χ4v) is 0.889. The first-order valence-electron chi connectivity index (χ1n) is 2.94. The Bertz CT molecular complexity index is 227. The summed E-state index contributed by atoms with van der Waals surface area (Å²) in [4.78, 5) is 0. The van der Waals surface area contributed by atoms with E-state index in [-0.39, 0.29) is 12.5 Å². The van der Waals surface area contributed by atoms with Gasteiger partial charge in [0.2, 0.25) is 6.79 Å². The van der Waals surface area contributed by atoms with E-state index in [1.54, 1.807) is 18.2 Å². The van der Waals surface area contributed by atoms with E-state index in [9.17, 15) is 0 Å². The number of fused-ring (bicyclic) bond motifs is 2. The minimum atomic E-state index is 0.173. The first-order chi connectivity index (χ1) is 4.84. The van der Waals surface area contributed by atoms with Crippen molar-refractivity contribution < 1.29 is 14.6 Å². The average Bonchev–Trinajstić information content (AvgIpc) is 1.85. The van der Waals surface area contributed by atoms with Crippen LogP contribution < -0.4 is 9.47 Å². The Labute approximate surface area is 57.8 Å². The van der Waals surface area contributed by atoms with E-state index in [2.05, 4.69) is 0 Å². The first-order valence-corrected chi connectivity index (χ1v) is 2.94. The van der Waals surface area contributed by atoms with Gasteiger partial charge in [0.25, 0.3) is 0 Å².